The van der Waals surface area contributed by atoms with Crippen molar-refractivity contribution in [1.82, 2.24) is 5.32 Å². The van der Waals surface area contributed by atoms with Gasteiger partial charge < -0.3 is 0 Å². The van der Waals surface area contributed by atoms with Crippen LogP contribution in [0.15, 0.2) is 0 Å². The Kier molecular flexibility index (Phi) is 3.73. The van der Waals surface area contributed by atoms with Crippen LogP contribution in [0.5, 0.6) is 0 Å². The zero-order valence-electron chi connectivity index (χ0n) is 7.84. The molecular weight excluding hydrogens is 162 g/mol. The highest BCUT2D eigenvalue weighted by molar-refractivity contribution is 5.09. The summed E-state index contributed by atoms with van der Waals surface area (Å²) in [6.45, 7) is 0.793. The van der Waals surface area contributed by atoms with Gasteiger partial charge in [-0.25, -0.2) is 0 Å². The van der Waals surface area contributed by atoms with Crippen LogP contribution in [-0.2, 0) is 0 Å². The highest BCUT2D eigenvalue weighted by Crippen LogP contribution is 2.28. The Bertz CT molecular complexity index is 228. The van der Waals surface area contributed by atoms with Gasteiger partial charge in [-0.05, 0) is 25.8 Å². The summed E-state index contributed by atoms with van der Waals surface area (Å²) < 4.78 is 0. The lowest BCUT2D eigenvalue weighted by Crippen LogP contribution is -2.41. The van der Waals surface area contributed by atoms with Crippen LogP contribution in [0.2, 0.25) is 0 Å². The van der Waals surface area contributed by atoms with E-state index in [0.717, 1.165) is 38.6 Å². The maximum Gasteiger partial charge on any atom is 0.106 e. The molecule has 0 aromatic heterocycles. The molecule has 0 amide bonds. The lowest BCUT2D eigenvalue weighted by Gasteiger charge is -2.21. The molecule has 70 valence electrons. The third-order valence-electron chi connectivity index (χ3n) is 2.60. The number of nitrogens with zero attached hydrogens (tertiary/aromatic N) is 2. The summed E-state index contributed by atoms with van der Waals surface area (Å²) in [5, 5.41) is 20.6. The summed E-state index contributed by atoms with van der Waals surface area (Å²) >= 11 is 0. The number of rotatable bonds is 4. The van der Waals surface area contributed by atoms with Crippen molar-refractivity contribution >= 4 is 0 Å². The molecule has 0 spiro atoms. The number of hydrogen-bond donors (Lipinski definition) is 1. The maximum atomic E-state index is 9.00. The Morgan fingerprint density at radius 1 is 1.23 bits per heavy atom. The third-order valence-corrected chi connectivity index (χ3v) is 2.60. The van der Waals surface area contributed by atoms with E-state index in [0.29, 0.717) is 6.42 Å². The minimum atomic E-state index is -0.268. The molecule has 0 heterocycles. The van der Waals surface area contributed by atoms with E-state index in [9.17, 15) is 0 Å². The lowest BCUT2D eigenvalue weighted by atomic mass is 10.00. The summed E-state index contributed by atoms with van der Waals surface area (Å²) in [6, 6.07) is 4.46. The molecule has 0 aromatic carbocycles. The van der Waals surface area contributed by atoms with Crippen molar-refractivity contribution in [2.24, 2.45) is 0 Å². The molecule has 1 rings (SSSR count). The largest absolute Gasteiger partial charge is 0.299 e. The van der Waals surface area contributed by atoms with E-state index in [1.807, 2.05) is 0 Å². The first-order chi connectivity index (χ1) is 6.33. The molecule has 0 unspecified atom stereocenters. The zero-order valence-corrected chi connectivity index (χ0v) is 7.84. The monoisotopic (exact) mass is 177 g/mol. The van der Waals surface area contributed by atoms with Crippen molar-refractivity contribution in [3.63, 3.8) is 0 Å². The second-order valence-electron chi connectivity index (χ2n) is 3.59. The van der Waals surface area contributed by atoms with Crippen LogP contribution in [-0.4, -0.2) is 12.1 Å². The molecule has 3 heteroatoms. The van der Waals surface area contributed by atoms with Crippen LogP contribution in [0.4, 0.5) is 0 Å². The first kappa shape index (κ1) is 10.0. The molecule has 1 aliphatic rings. The second-order valence-corrected chi connectivity index (χ2v) is 3.59. The van der Waals surface area contributed by atoms with Gasteiger partial charge in [0.2, 0.25) is 0 Å². The molecule has 3 nitrogen and oxygen atoms in total. The highest BCUT2D eigenvalue weighted by atomic mass is 15.0. The molecule has 1 saturated carbocycles. The number of nitriles is 2. The van der Waals surface area contributed by atoms with Gasteiger partial charge in [-0.3, -0.25) is 5.32 Å². The van der Waals surface area contributed by atoms with Crippen molar-refractivity contribution in [3.05, 3.63) is 0 Å². The van der Waals surface area contributed by atoms with Crippen molar-refractivity contribution in [3.8, 4) is 12.1 Å². The van der Waals surface area contributed by atoms with E-state index in [4.69, 9.17) is 10.5 Å². The minimum Gasteiger partial charge on any atom is -0.299 e. The Balaban J connectivity index is 2.26. The van der Waals surface area contributed by atoms with Crippen molar-refractivity contribution in [2.45, 2.75) is 44.1 Å². The summed E-state index contributed by atoms with van der Waals surface area (Å²) in [5.74, 6) is 0. The molecule has 0 aromatic rings. The van der Waals surface area contributed by atoms with Crippen LogP contribution in [0, 0.1) is 22.7 Å². The van der Waals surface area contributed by atoms with Gasteiger partial charge in [0.05, 0.1) is 12.1 Å². The predicted molar refractivity (Wildman–Crippen MR) is 49.7 cm³/mol. The average molecular weight is 177 g/mol. The molecule has 0 bridgehead atoms. The van der Waals surface area contributed by atoms with E-state index < -0.39 is 0 Å². The smallest absolute Gasteiger partial charge is 0.106 e. The zero-order chi connectivity index (χ0) is 9.57. The predicted octanol–water partition coefficient (Wildman–Crippen LogP) is 1.72. The van der Waals surface area contributed by atoms with E-state index in [1.54, 1.807) is 0 Å². The van der Waals surface area contributed by atoms with Gasteiger partial charge in [0.15, 0.2) is 0 Å². The molecule has 0 saturated heterocycles. The normalized spacial score (nSPS) is 19.2. The number of hydrogen-bond acceptors (Lipinski definition) is 3. The Labute approximate surface area is 79.4 Å². The van der Waals surface area contributed by atoms with Gasteiger partial charge in [0, 0.05) is 6.42 Å². The van der Waals surface area contributed by atoms with Gasteiger partial charge in [-0.1, -0.05) is 12.8 Å². The average Bonchev–Trinajstić information content (AvgIpc) is 2.62. The Hall–Kier alpha value is -1.06. The van der Waals surface area contributed by atoms with E-state index >= 15 is 0 Å². The van der Waals surface area contributed by atoms with Gasteiger partial charge >= 0.3 is 0 Å². The minimum absolute atomic E-state index is 0.268. The summed E-state index contributed by atoms with van der Waals surface area (Å²) in [7, 11) is 0. The second kappa shape index (κ2) is 4.84. The fraction of sp³-hybridized carbons (Fsp3) is 0.800. The number of nitrogens with one attached hydrogen (secondary N) is 1. The standard InChI is InChI=1S/C10H15N3/c11-7-3-4-8-13-10(9-12)5-1-2-6-10/h13H,1-6,8H2. The van der Waals surface area contributed by atoms with Gasteiger partial charge in [0.25, 0.3) is 0 Å². The molecule has 0 radical (unpaired) electrons. The first-order valence-corrected chi connectivity index (χ1v) is 4.86. The topological polar surface area (TPSA) is 59.6 Å². The SMILES string of the molecule is N#CCCCNC1(C#N)CCCC1. The number of unbranched alkanes of at least 4 members (excludes halogenated alkanes) is 1. The lowest BCUT2D eigenvalue weighted by molar-refractivity contribution is 0.420. The van der Waals surface area contributed by atoms with E-state index in [-0.39, 0.29) is 5.54 Å². The van der Waals surface area contributed by atoms with E-state index in [2.05, 4.69) is 17.5 Å². The van der Waals surface area contributed by atoms with Crippen LogP contribution in [0.3, 0.4) is 0 Å². The van der Waals surface area contributed by atoms with Crippen LogP contribution in [0.25, 0.3) is 0 Å². The molecule has 1 N–H and O–H groups in total. The molecule has 1 fully saturated rings. The quantitative estimate of drug-likeness (QED) is 0.665. The van der Waals surface area contributed by atoms with Gasteiger partial charge in [-0.2, -0.15) is 10.5 Å². The molecule has 0 atom stereocenters. The third kappa shape index (κ3) is 2.72. The molecule has 0 aliphatic heterocycles. The fourth-order valence-electron chi connectivity index (χ4n) is 1.80. The van der Waals surface area contributed by atoms with Crippen LogP contribution >= 0.6 is 0 Å². The van der Waals surface area contributed by atoms with Gasteiger partial charge in [-0.15, -0.1) is 0 Å². The van der Waals surface area contributed by atoms with Gasteiger partial charge in [0.1, 0.15) is 5.54 Å². The van der Waals surface area contributed by atoms with E-state index in [1.165, 1.54) is 0 Å². The summed E-state index contributed by atoms with van der Waals surface area (Å²) in [5.41, 5.74) is -0.268. The van der Waals surface area contributed by atoms with Crippen LogP contribution < -0.4 is 5.32 Å². The van der Waals surface area contributed by atoms with Crippen molar-refractivity contribution in [2.75, 3.05) is 6.54 Å². The fourth-order valence-corrected chi connectivity index (χ4v) is 1.80. The Morgan fingerprint density at radius 2 is 1.92 bits per heavy atom. The van der Waals surface area contributed by atoms with Crippen molar-refractivity contribution < 1.29 is 0 Å². The molecular formula is C10H15N3. The maximum absolute atomic E-state index is 9.00. The highest BCUT2D eigenvalue weighted by Gasteiger charge is 2.32. The summed E-state index contributed by atoms with van der Waals surface area (Å²) in [4.78, 5) is 0. The van der Waals surface area contributed by atoms with Crippen molar-refractivity contribution in [1.29, 1.82) is 10.5 Å². The first-order valence-electron chi connectivity index (χ1n) is 4.86. The Morgan fingerprint density at radius 3 is 2.46 bits per heavy atom. The molecule has 1 aliphatic carbocycles. The van der Waals surface area contributed by atoms with Crippen LogP contribution in [0.1, 0.15) is 38.5 Å². The molecule has 13 heavy (non-hydrogen) atoms. The summed E-state index contributed by atoms with van der Waals surface area (Å²) in [6.07, 6.45) is 5.66.